The van der Waals surface area contributed by atoms with Crippen LogP contribution in [-0.4, -0.2) is 15.9 Å². The lowest BCUT2D eigenvalue weighted by Crippen LogP contribution is -2.30. The van der Waals surface area contributed by atoms with Gasteiger partial charge in [0.15, 0.2) is 5.13 Å². The van der Waals surface area contributed by atoms with Crippen molar-refractivity contribution in [3.05, 3.63) is 89.2 Å². The van der Waals surface area contributed by atoms with Gasteiger partial charge in [-0.05, 0) is 49.2 Å². The highest BCUT2D eigenvalue weighted by atomic mass is 32.1. The molecule has 2 aromatic carbocycles. The molecule has 27 heavy (non-hydrogen) atoms. The number of anilines is 1. The van der Waals surface area contributed by atoms with Gasteiger partial charge in [0.05, 0.1) is 22.5 Å². The molecular formula is C22H19N3OS. The molecule has 5 heteroatoms. The first kappa shape index (κ1) is 17.4. The summed E-state index contributed by atoms with van der Waals surface area (Å²) in [7, 11) is 0. The average Bonchev–Trinajstić information content (AvgIpc) is 3.16. The Morgan fingerprint density at radius 1 is 0.963 bits per heavy atom. The third kappa shape index (κ3) is 3.46. The molecule has 0 fully saturated rings. The molecule has 1 amide bonds. The van der Waals surface area contributed by atoms with Crippen LogP contribution in [0.2, 0.25) is 0 Å². The summed E-state index contributed by atoms with van der Waals surface area (Å²) in [5, 5.41) is 0.696. The standard InChI is InChI=1S/C22H19N3OS/c1-15-11-12-16(2)20-19(15)24-22(27-20)25(14-18-10-6-7-13-23-18)21(26)17-8-4-3-5-9-17/h3-13H,14H2,1-2H3. The first-order chi connectivity index (χ1) is 13.1. The molecule has 0 saturated carbocycles. The van der Waals surface area contributed by atoms with Gasteiger partial charge in [-0.15, -0.1) is 0 Å². The molecule has 0 unspecified atom stereocenters. The molecule has 0 aliphatic heterocycles. The van der Waals surface area contributed by atoms with Crippen LogP contribution >= 0.6 is 11.3 Å². The van der Waals surface area contributed by atoms with E-state index in [0.717, 1.165) is 21.5 Å². The van der Waals surface area contributed by atoms with Crippen LogP contribution in [-0.2, 0) is 6.54 Å². The van der Waals surface area contributed by atoms with Crippen molar-refractivity contribution >= 4 is 32.6 Å². The summed E-state index contributed by atoms with van der Waals surface area (Å²) < 4.78 is 1.12. The summed E-state index contributed by atoms with van der Waals surface area (Å²) in [5.41, 5.74) is 4.71. The van der Waals surface area contributed by atoms with Crippen molar-refractivity contribution < 1.29 is 4.79 Å². The van der Waals surface area contributed by atoms with Crippen molar-refractivity contribution in [3.8, 4) is 0 Å². The molecule has 0 aliphatic rings. The van der Waals surface area contributed by atoms with E-state index in [0.29, 0.717) is 17.2 Å². The van der Waals surface area contributed by atoms with Crippen LogP contribution in [0.5, 0.6) is 0 Å². The molecule has 0 radical (unpaired) electrons. The monoisotopic (exact) mass is 373 g/mol. The van der Waals surface area contributed by atoms with E-state index in [2.05, 4.69) is 24.0 Å². The van der Waals surface area contributed by atoms with Gasteiger partial charge in [-0.2, -0.15) is 0 Å². The number of carbonyl (C=O) groups is 1. The molecule has 0 atom stereocenters. The minimum absolute atomic E-state index is 0.0735. The molecule has 4 aromatic rings. The summed E-state index contributed by atoms with van der Waals surface area (Å²) in [6, 6.07) is 19.2. The van der Waals surface area contributed by atoms with Crippen LogP contribution < -0.4 is 4.90 Å². The van der Waals surface area contributed by atoms with Gasteiger partial charge in [0.2, 0.25) is 0 Å². The molecule has 0 bridgehead atoms. The first-order valence-electron chi connectivity index (χ1n) is 8.77. The van der Waals surface area contributed by atoms with Gasteiger partial charge >= 0.3 is 0 Å². The van der Waals surface area contributed by atoms with E-state index in [1.54, 1.807) is 22.4 Å². The Bertz CT molecular complexity index is 1050. The zero-order chi connectivity index (χ0) is 18.8. The Balaban J connectivity index is 1.81. The molecule has 134 valence electrons. The van der Waals surface area contributed by atoms with Crippen LogP contribution in [0.3, 0.4) is 0 Å². The minimum Gasteiger partial charge on any atom is -0.278 e. The van der Waals surface area contributed by atoms with Gasteiger partial charge in [-0.1, -0.05) is 47.7 Å². The maximum Gasteiger partial charge on any atom is 0.260 e. The third-order valence-corrected chi connectivity index (χ3v) is 5.69. The zero-order valence-electron chi connectivity index (χ0n) is 15.2. The maximum atomic E-state index is 13.3. The van der Waals surface area contributed by atoms with E-state index < -0.39 is 0 Å². The Morgan fingerprint density at radius 2 is 1.70 bits per heavy atom. The molecule has 0 aliphatic carbocycles. The van der Waals surface area contributed by atoms with Crippen molar-refractivity contribution in [3.63, 3.8) is 0 Å². The second-order valence-electron chi connectivity index (χ2n) is 6.45. The highest BCUT2D eigenvalue weighted by Crippen LogP contribution is 2.34. The lowest BCUT2D eigenvalue weighted by atomic mass is 10.1. The number of rotatable bonds is 4. The van der Waals surface area contributed by atoms with Crippen molar-refractivity contribution in [1.29, 1.82) is 0 Å². The van der Waals surface area contributed by atoms with E-state index >= 15 is 0 Å². The van der Waals surface area contributed by atoms with Crippen LogP contribution in [0, 0.1) is 13.8 Å². The summed E-state index contributed by atoms with van der Waals surface area (Å²) in [5.74, 6) is -0.0735. The minimum atomic E-state index is -0.0735. The lowest BCUT2D eigenvalue weighted by molar-refractivity contribution is 0.0985. The fraction of sp³-hybridized carbons (Fsp3) is 0.136. The Morgan fingerprint density at radius 3 is 2.41 bits per heavy atom. The van der Waals surface area contributed by atoms with E-state index in [-0.39, 0.29) is 5.91 Å². The summed E-state index contributed by atoms with van der Waals surface area (Å²) >= 11 is 1.55. The molecule has 2 heterocycles. The number of thiazole rings is 1. The highest BCUT2D eigenvalue weighted by molar-refractivity contribution is 7.22. The van der Waals surface area contributed by atoms with Crippen molar-refractivity contribution in [1.82, 2.24) is 9.97 Å². The number of carbonyl (C=O) groups excluding carboxylic acids is 1. The van der Waals surface area contributed by atoms with Crippen molar-refractivity contribution in [2.75, 3.05) is 4.90 Å². The second kappa shape index (κ2) is 7.29. The number of hydrogen-bond donors (Lipinski definition) is 0. The zero-order valence-corrected chi connectivity index (χ0v) is 16.0. The number of benzene rings is 2. The number of fused-ring (bicyclic) bond motifs is 1. The molecule has 0 N–H and O–H groups in total. The third-order valence-electron chi connectivity index (χ3n) is 4.47. The Labute approximate surface area is 162 Å². The van der Waals surface area contributed by atoms with Crippen molar-refractivity contribution in [2.24, 2.45) is 0 Å². The number of hydrogen-bond acceptors (Lipinski definition) is 4. The van der Waals surface area contributed by atoms with E-state index in [9.17, 15) is 4.79 Å². The SMILES string of the molecule is Cc1ccc(C)c2sc(N(Cc3ccccn3)C(=O)c3ccccc3)nc12. The van der Waals surface area contributed by atoms with Gasteiger partial charge in [0.25, 0.3) is 5.91 Å². The van der Waals surface area contributed by atoms with Crippen LogP contribution in [0.4, 0.5) is 5.13 Å². The van der Waals surface area contributed by atoms with Gasteiger partial charge in [-0.3, -0.25) is 14.7 Å². The van der Waals surface area contributed by atoms with Crippen molar-refractivity contribution in [2.45, 2.75) is 20.4 Å². The normalized spacial score (nSPS) is 10.9. The van der Waals surface area contributed by atoms with Crippen LogP contribution in [0.15, 0.2) is 66.9 Å². The van der Waals surface area contributed by atoms with Gasteiger partial charge < -0.3 is 0 Å². The summed E-state index contributed by atoms with van der Waals surface area (Å²) in [6.07, 6.45) is 1.74. The van der Waals surface area contributed by atoms with Gasteiger partial charge in [0, 0.05) is 11.8 Å². The molecule has 4 nitrogen and oxygen atoms in total. The molecule has 4 rings (SSSR count). The topological polar surface area (TPSA) is 46.1 Å². The van der Waals surface area contributed by atoms with Gasteiger partial charge in [0.1, 0.15) is 0 Å². The average molecular weight is 373 g/mol. The highest BCUT2D eigenvalue weighted by Gasteiger charge is 2.22. The number of nitrogens with zero attached hydrogens (tertiary/aromatic N) is 3. The number of aromatic nitrogens is 2. The predicted molar refractivity (Wildman–Crippen MR) is 110 cm³/mol. The molecule has 2 aromatic heterocycles. The predicted octanol–water partition coefficient (Wildman–Crippen LogP) is 5.16. The van der Waals surface area contributed by atoms with Gasteiger partial charge in [-0.25, -0.2) is 4.98 Å². The fourth-order valence-electron chi connectivity index (χ4n) is 2.98. The maximum absolute atomic E-state index is 13.3. The smallest absolute Gasteiger partial charge is 0.260 e. The van der Waals surface area contributed by atoms with E-state index in [1.165, 1.54) is 5.56 Å². The Kier molecular flexibility index (Phi) is 4.69. The van der Waals surface area contributed by atoms with E-state index in [1.807, 2.05) is 55.5 Å². The summed E-state index contributed by atoms with van der Waals surface area (Å²) in [4.78, 5) is 24.2. The molecular weight excluding hydrogens is 354 g/mol. The second-order valence-corrected chi connectivity index (χ2v) is 7.43. The number of aryl methyl sites for hydroxylation is 2. The van der Waals surface area contributed by atoms with Crippen LogP contribution in [0.1, 0.15) is 27.2 Å². The summed E-state index contributed by atoms with van der Waals surface area (Å²) in [6.45, 7) is 4.51. The first-order valence-corrected chi connectivity index (χ1v) is 9.58. The number of pyridine rings is 1. The fourth-order valence-corrected chi connectivity index (χ4v) is 4.09. The molecule has 0 saturated heterocycles. The van der Waals surface area contributed by atoms with Crippen LogP contribution in [0.25, 0.3) is 10.2 Å². The Hall–Kier alpha value is -3.05. The lowest BCUT2D eigenvalue weighted by Gasteiger charge is -2.19. The number of amides is 1. The quantitative estimate of drug-likeness (QED) is 0.497. The molecule has 0 spiro atoms. The largest absolute Gasteiger partial charge is 0.278 e. The van der Waals surface area contributed by atoms with E-state index in [4.69, 9.17) is 4.98 Å².